The van der Waals surface area contributed by atoms with Gasteiger partial charge in [-0.2, -0.15) is 0 Å². The molecule has 0 spiro atoms. The molecular formula is C16H25NO2S. The summed E-state index contributed by atoms with van der Waals surface area (Å²) in [7, 11) is 0. The van der Waals surface area contributed by atoms with Crippen LogP contribution in [-0.4, -0.2) is 34.8 Å². The summed E-state index contributed by atoms with van der Waals surface area (Å²) in [5, 5.41) is 9.41. The molecule has 0 atom stereocenters. The van der Waals surface area contributed by atoms with Crippen molar-refractivity contribution in [1.29, 1.82) is 0 Å². The highest BCUT2D eigenvalue weighted by Crippen LogP contribution is 2.22. The zero-order valence-electron chi connectivity index (χ0n) is 12.5. The normalized spacial score (nSPS) is 10.5. The van der Waals surface area contributed by atoms with E-state index >= 15 is 0 Å². The van der Waals surface area contributed by atoms with Gasteiger partial charge in [0.25, 0.3) is 0 Å². The van der Waals surface area contributed by atoms with Crippen LogP contribution in [0, 0.1) is 0 Å². The lowest BCUT2D eigenvalue weighted by Gasteiger charge is -2.22. The number of hydrogen-bond donors (Lipinski definition) is 1. The number of phenols is 1. The topological polar surface area (TPSA) is 40.5 Å². The van der Waals surface area contributed by atoms with E-state index in [1.165, 1.54) is 11.8 Å². The largest absolute Gasteiger partial charge is 0.508 e. The highest BCUT2D eigenvalue weighted by molar-refractivity contribution is 8.00. The highest BCUT2D eigenvalue weighted by atomic mass is 32.2. The van der Waals surface area contributed by atoms with Crippen LogP contribution in [0.1, 0.15) is 39.5 Å². The fourth-order valence-corrected chi connectivity index (χ4v) is 2.72. The van der Waals surface area contributed by atoms with Crippen LogP contribution >= 0.6 is 11.8 Å². The van der Waals surface area contributed by atoms with Gasteiger partial charge in [0.05, 0.1) is 5.75 Å². The molecule has 0 heterocycles. The third-order valence-electron chi connectivity index (χ3n) is 3.10. The molecule has 1 rings (SSSR count). The lowest BCUT2D eigenvalue weighted by Crippen LogP contribution is -2.34. The second kappa shape index (κ2) is 9.70. The summed E-state index contributed by atoms with van der Waals surface area (Å²) in [5.41, 5.74) is 0. The van der Waals surface area contributed by atoms with Crippen LogP contribution in [0.25, 0.3) is 0 Å². The highest BCUT2D eigenvalue weighted by Gasteiger charge is 2.12. The molecule has 4 heteroatoms. The Hall–Kier alpha value is -1.16. The molecule has 0 aromatic heterocycles. The van der Waals surface area contributed by atoms with E-state index in [-0.39, 0.29) is 11.7 Å². The molecule has 0 aliphatic carbocycles. The van der Waals surface area contributed by atoms with E-state index in [0.717, 1.165) is 43.7 Å². The summed E-state index contributed by atoms with van der Waals surface area (Å²) >= 11 is 1.49. The molecule has 0 radical (unpaired) electrons. The first-order valence-electron chi connectivity index (χ1n) is 7.37. The van der Waals surface area contributed by atoms with Crippen molar-refractivity contribution in [3.63, 3.8) is 0 Å². The number of hydrogen-bond acceptors (Lipinski definition) is 3. The number of benzene rings is 1. The molecule has 112 valence electrons. The molecule has 1 aromatic carbocycles. The second-order valence-corrected chi connectivity index (χ2v) is 5.92. The van der Waals surface area contributed by atoms with E-state index < -0.39 is 0 Å². The Labute approximate surface area is 126 Å². The Morgan fingerprint density at radius 1 is 1.20 bits per heavy atom. The number of phenolic OH excluding ortho intramolecular Hbond substituents is 1. The zero-order chi connectivity index (χ0) is 14.8. The number of thioether (sulfide) groups is 1. The summed E-state index contributed by atoms with van der Waals surface area (Å²) in [6, 6.07) is 7.05. The van der Waals surface area contributed by atoms with Gasteiger partial charge in [-0.05, 0) is 31.0 Å². The minimum atomic E-state index is 0.195. The number of amides is 1. The van der Waals surface area contributed by atoms with Gasteiger partial charge < -0.3 is 10.0 Å². The van der Waals surface area contributed by atoms with Gasteiger partial charge in [0.2, 0.25) is 5.91 Å². The monoisotopic (exact) mass is 295 g/mol. The molecule has 0 unspecified atom stereocenters. The average molecular weight is 295 g/mol. The molecule has 0 saturated carbocycles. The van der Waals surface area contributed by atoms with Crippen LogP contribution in [0.15, 0.2) is 29.2 Å². The average Bonchev–Trinajstić information content (AvgIpc) is 2.45. The van der Waals surface area contributed by atoms with Crippen LogP contribution in [0.5, 0.6) is 5.75 Å². The van der Waals surface area contributed by atoms with Gasteiger partial charge in [-0.3, -0.25) is 4.79 Å². The first-order chi connectivity index (χ1) is 9.67. The number of aromatic hydroxyl groups is 1. The summed E-state index contributed by atoms with van der Waals surface area (Å²) in [6.45, 7) is 6.00. The van der Waals surface area contributed by atoms with Crippen LogP contribution < -0.4 is 0 Å². The number of nitrogens with zero attached hydrogens (tertiary/aromatic N) is 1. The number of carbonyl (C=O) groups excluding carboxylic acids is 1. The Morgan fingerprint density at radius 3 is 2.40 bits per heavy atom. The first kappa shape index (κ1) is 16.9. The maximum absolute atomic E-state index is 12.3. The molecule has 3 nitrogen and oxygen atoms in total. The number of carbonyl (C=O) groups is 1. The van der Waals surface area contributed by atoms with Crippen molar-refractivity contribution in [3.8, 4) is 5.75 Å². The SMILES string of the molecule is CCCCN(CCCC)C(=O)CSc1cccc(O)c1. The first-order valence-corrected chi connectivity index (χ1v) is 8.35. The predicted molar refractivity (Wildman–Crippen MR) is 85.2 cm³/mol. The lowest BCUT2D eigenvalue weighted by atomic mass is 10.2. The maximum Gasteiger partial charge on any atom is 0.232 e. The van der Waals surface area contributed by atoms with Crippen LogP contribution in [0.3, 0.4) is 0 Å². The van der Waals surface area contributed by atoms with E-state index in [0.29, 0.717) is 5.75 Å². The van der Waals surface area contributed by atoms with Crippen molar-refractivity contribution >= 4 is 17.7 Å². The quantitative estimate of drug-likeness (QED) is 0.702. The van der Waals surface area contributed by atoms with Crippen LogP contribution in [0.4, 0.5) is 0 Å². The minimum absolute atomic E-state index is 0.195. The molecule has 1 N–H and O–H groups in total. The third kappa shape index (κ3) is 6.33. The minimum Gasteiger partial charge on any atom is -0.508 e. The number of rotatable bonds is 9. The molecule has 20 heavy (non-hydrogen) atoms. The second-order valence-electron chi connectivity index (χ2n) is 4.87. The molecule has 0 bridgehead atoms. The third-order valence-corrected chi connectivity index (χ3v) is 4.07. The molecule has 0 saturated heterocycles. The number of unbranched alkanes of at least 4 members (excludes halogenated alkanes) is 2. The van der Waals surface area contributed by atoms with E-state index in [4.69, 9.17) is 0 Å². The van der Waals surface area contributed by atoms with Gasteiger partial charge in [0, 0.05) is 18.0 Å². The van der Waals surface area contributed by atoms with Crippen molar-refractivity contribution in [2.45, 2.75) is 44.4 Å². The molecule has 1 aromatic rings. The Balaban J connectivity index is 2.47. The molecule has 0 aliphatic heterocycles. The molecule has 0 fully saturated rings. The molecular weight excluding hydrogens is 270 g/mol. The summed E-state index contributed by atoms with van der Waals surface area (Å²) in [6.07, 6.45) is 4.34. The zero-order valence-corrected chi connectivity index (χ0v) is 13.3. The maximum atomic E-state index is 12.3. The van der Waals surface area contributed by atoms with Crippen molar-refractivity contribution in [1.82, 2.24) is 4.90 Å². The lowest BCUT2D eigenvalue weighted by molar-refractivity contribution is -0.128. The van der Waals surface area contributed by atoms with Gasteiger partial charge in [-0.25, -0.2) is 0 Å². The van der Waals surface area contributed by atoms with Crippen molar-refractivity contribution in [2.24, 2.45) is 0 Å². The standard InChI is InChI=1S/C16H25NO2S/c1-3-5-10-17(11-6-4-2)16(19)13-20-15-9-7-8-14(18)12-15/h7-9,12,18H,3-6,10-11,13H2,1-2H3. The van der Waals surface area contributed by atoms with Gasteiger partial charge >= 0.3 is 0 Å². The van der Waals surface area contributed by atoms with E-state index in [1.807, 2.05) is 11.0 Å². The van der Waals surface area contributed by atoms with Gasteiger partial charge in [-0.1, -0.05) is 32.8 Å². The fourth-order valence-electron chi connectivity index (χ4n) is 1.87. The molecule has 0 aliphatic rings. The van der Waals surface area contributed by atoms with E-state index in [2.05, 4.69) is 13.8 Å². The van der Waals surface area contributed by atoms with Crippen molar-refractivity contribution in [3.05, 3.63) is 24.3 Å². The van der Waals surface area contributed by atoms with Crippen LogP contribution in [-0.2, 0) is 4.79 Å². The summed E-state index contributed by atoms with van der Waals surface area (Å²) in [4.78, 5) is 15.2. The van der Waals surface area contributed by atoms with E-state index in [1.54, 1.807) is 18.2 Å². The predicted octanol–water partition coefficient (Wildman–Crippen LogP) is 3.91. The smallest absolute Gasteiger partial charge is 0.232 e. The van der Waals surface area contributed by atoms with Gasteiger partial charge in [0.1, 0.15) is 5.75 Å². The van der Waals surface area contributed by atoms with E-state index in [9.17, 15) is 9.90 Å². The van der Waals surface area contributed by atoms with Gasteiger partial charge in [0.15, 0.2) is 0 Å². The Bertz CT molecular complexity index is 401. The van der Waals surface area contributed by atoms with Gasteiger partial charge in [-0.15, -0.1) is 11.8 Å². The molecule has 1 amide bonds. The fraction of sp³-hybridized carbons (Fsp3) is 0.562. The van der Waals surface area contributed by atoms with Crippen molar-refractivity contribution < 1.29 is 9.90 Å². The Morgan fingerprint density at radius 2 is 1.85 bits per heavy atom. The summed E-state index contributed by atoms with van der Waals surface area (Å²) < 4.78 is 0. The summed E-state index contributed by atoms with van der Waals surface area (Å²) in [5.74, 6) is 0.883. The van der Waals surface area contributed by atoms with Crippen LogP contribution in [0.2, 0.25) is 0 Å². The van der Waals surface area contributed by atoms with Crippen molar-refractivity contribution in [2.75, 3.05) is 18.8 Å². The Kier molecular flexibility index (Phi) is 8.19.